The van der Waals surface area contributed by atoms with Gasteiger partial charge in [-0.3, -0.25) is 4.79 Å². The van der Waals surface area contributed by atoms with Crippen LogP contribution in [0.5, 0.6) is 0 Å². The molecule has 6 nitrogen and oxygen atoms in total. The van der Waals surface area contributed by atoms with Crippen molar-refractivity contribution >= 4 is 12.0 Å². The molecule has 1 aromatic rings. The summed E-state index contributed by atoms with van der Waals surface area (Å²) in [5.74, 6) is -0.507. The van der Waals surface area contributed by atoms with E-state index in [0.29, 0.717) is 12.8 Å². The van der Waals surface area contributed by atoms with Crippen LogP contribution in [0.15, 0.2) is 49.6 Å². The average Bonchev–Trinajstić information content (AvgIpc) is 2.60. The second-order valence-corrected chi connectivity index (χ2v) is 6.07. The van der Waals surface area contributed by atoms with Gasteiger partial charge in [0.05, 0.1) is 24.4 Å². The first-order valence-electron chi connectivity index (χ1n) is 8.40. The highest BCUT2D eigenvalue weighted by atomic mass is 16.4. The zero-order valence-corrected chi connectivity index (χ0v) is 14.9. The van der Waals surface area contributed by atoms with Gasteiger partial charge in [0.15, 0.2) is 0 Å². The molecule has 0 aliphatic carbocycles. The fraction of sp³-hybridized carbons (Fsp3) is 0.350. The Kier molecular flexibility index (Phi) is 8.65. The predicted octanol–water partition coefficient (Wildman–Crippen LogP) is 3.33. The number of hydrogen-bond donors (Lipinski definition) is 3. The minimum atomic E-state index is -1.10. The highest BCUT2D eigenvalue weighted by molar-refractivity contribution is 5.80. The second kappa shape index (κ2) is 10.7. The van der Waals surface area contributed by atoms with Crippen molar-refractivity contribution in [2.45, 2.75) is 38.3 Å². The third-order valence-corrected chi connectivity index (χ3v) is 3.99. The van der Waals surface area contributed by atoms with Crippen molar-refractivity contribution in [3.8, 4) is 6.07 Å². The lowest BCUT2D eigenvalue weighted by atomic mass is 9.97. The monoisotopic (exact) mass is 355 g/mol. The Bertz CT molecular complexity index is 694. The molecular formula is C20H25N3O3. The minimum Gasteiger partial charge on any atom is -0.465 e. The molecule has 6 heteroatoms. The molecule has 0 spiro atoms. The number of amides is 2. The molecule has 2 amide bonds. The first-order valence-corrected chi connectivity index (χ1v) is 8.40. The zero-order chi connectivity index (χ0) is 19.5. The number of nitrogens with one attached hydrogen (secondary N) is 2. The van der Waals surface area contributed by atoms with E-state index in [1.165, 1.54) is 0 Å². The molecule has 1 aromatic carbocycles. The van der Waals surface area contributed by atoms with Crippen LogP contribution in [-0.2, 0) is 11.2 Å². The lowest BCUT2D eigenvalue weighted by Gasteiger charge is -2.20. The Labute approximate surface area is 154 Å². The molecule has 0 radical (unpaired) electrons. The third-order valence-electron chi connectivity index (χ3n) is 3.99. The predicted molar refractivity (Wildman–Crippen MR) is 100 cm³/mol. The maximum atomic E-state index is 12.1. The average molecular weight is 355 g/mol. The Balaban J connectivity index is 2.94. The van der Waals surface area contributed by atoms with Crippen molar-refractivity contribution in [1.82, 2.24) is 10.6 Å². The Morgan fingerprint density at radius 2 is 2.08 bits per heavy atom. The fourth-order valence-corrected chi connectivity index (χ4v) is 2.54. The van der Waals surface area contributed by atoms with Crippen LogP contribution in [0.4, 0.5) is 4.79 Å². The lowest BCUT2D eigenvalue weighted by Crippen LogP contribution is -2.38. The van der Waals surface area contributed by atoms with E-state index in [2.05, 4.69) is 29.9 Å². The van der Waals surface area contributed by atoms with Crippen LogP contribution < -0.4 is 10.6 Å². The van der Waals surface area contributed by atoms with Crippen LogP contribution in [0.2, 0.25) is 0 Å². The molecule has 0 aliphatic rings. The molecule has 0 bridgehead atoms. The number of rotatable bonds is 10. The molecule has 0 unspecified atom stereocenters. The summed E-state index contributed by atoms with van der Waals surface area (Å²) in [6.45, 7) is 9.00. The molecule has 0 fully saturated rings. The number of carboxylic acid groups (broad SMARTS) is 1. The third kappa shape index (κ3) is 6.81. The molecule has 0 heterocycles. The summed E-state index contributed by atoms with van der Waals surface area (Å²) in [6.07, 6.45) is 3.23. The van der Waals surface area contributed by atoms with E-state index in [0.717, 1.165) is 11.1 Å². The van der Waals surface area contributed by atoms with E-state index in [4.69, 9.17) is 10.4 Å². The van der Waals surface area contributed by atoms with Gasteiger partial charge in [0.2, 0.25) is 5.91 Å². The summed E-state index contributed by atoms with van der Waals surface area (Å²) >= 11 is 0. The molecule has 0 saturated heterocycles. The van der Waals surface area contributed by atoms with Gasteiger partial charge in [0.25, 0.3) is 0 Å². The number of benzene rings is 1. The first kappa shape index (κ1) is 21.0. The van der Waals surface area contributed by atoms with E-state index >= 15 is 0 Å². The molecule has 26 heavy (non-hydrogen) atoms. The van der Waals surface area contributed by atoms with Crippen molar-refractivity contribution in [2.24, 2.45) is 5.92 Å². The van der Waals surface area contributed by atoms with Crippen molar-refractivity contribution in [3.05, 3.63) is 60.7 Å². The number of hydrogen-bond acceptors (Lipinski definition) is 3. The van der Waals surface area contributed by atoms with E-state index < -0.39 is 12.1 Å². The molecule has 3 N–H and O–H groups in total. The van der Waals surface area contributed by atoms with E-state index in [1.807, 2.05) is 24.3 Å². The van der Waals surface area contributed by atoms with Crippen molar-refractivity contribution in [2.75, 3.05) is 0 Å². The minimum absolute atomic E-state index is 0.173. The number of carbonyl (C=O) groups excluding carboxylic acids is 1. The van der Waals surface area contributed by atoms with E-state index in [1.54, 1.807) is 19.1 Å². The molecular weight excluding hydrogens is 330 g/mol. The van der Waals surface area contributed by atoms with E-state index in [-0.39, 0.29) is 24.3 Å². The van der Waals surface area contributed by atoms with Gasteiger partial charge in [0.1, 0.15) is 0 Å². The topological polar surface area (TPSA) is 102 Å². The van der Waals surface area contributed by atoms with E-state index in [9.17, 15) is 9.59 Å². The summed E-state index contributed by atoms with van der Waals surface area (Å²) < 4.78 is 0. The van der Waals surface area contributed by atoms with Gasteiger partial charge >= 0.3 is 6.09 Å². The second-order valence-electron chi connectivity index (χ2n) is 6.07. The van der Waals surface area contributed by atoms with Crippen LogP contribution in [0, 0.1) is 17.2 Å². The maximum absolute atomic E-state index is 12.1. The zero-order valence-electron chi connectivity index (χ0n) is 14.9. The summed E-state index contributed by atoms with van der Waals surface area (Å²) in [4.78, 5) is 23.0. The van der Waals surface area contributed by atoms with Crippen LogP contribution in [-0.4, -0.2) is 23.1 Å². The molecule has 3 atom stereocenters. The molecule has 1 rings (SSSR count). The van der Waals surface area contributed by atoms with Gasteiger partial charge in [-0.1, -0.05) is 43.3 Å². The molecule has 138 valence electrons. The SMILES string of the molecule is C=CC[C@H](NC(=O)O)c1cccc(C[C@H](CC#N)NC(=O)[C@H](C)C=C)c1. The van der Waals surface area contributed by atoms with Crippen LogP contribution in [0.3, 0.4) is 0 Å². The van der Waals surface area contributed by atoms with Gasteiger partial charge in [-0.15, -0.1) is 13.2 Å². The number of nitrogens with zero attached hydrogens (tertiary/aromatic N) is 1. The summed E-state index contributed by atoms with van der Waals surface area (Å²) in [6, 6.07) is 8.82. The summed E-state index contributed by atoms with van der Waals surface area (Å²) in [5, 5.41) is 23.4. The van der Waals surface area contributed by atoms with Crippen LogP contribution >= 0.6 is 0 Å². The van der Waals surface area contributed by atoms with Gasteiger partial charge in [-0.2, -0.15) is 5.26 Å². The van der Waals surface area contributed by atoms with Crippen LogP contribution in [0.25, 0.3) is 0 Å². The highest BCUT2D eigenvalue weighted by Gasteiger charge is 2.17. The highest BCUT2D eigenvalue weighted by Crippen LogP contribution is 2.20. The van der Waals surface area contributed by atoms with Crippen molar-refractivity contribution in [1.29, 1.82) is 5.26 Å². The Hall–Kier alpha value is -3.07. The van der Waals surface area contributed by atoms with Crippen molar-refractivity contribution < 1.29 is 14.7 Å². The standard InChI is InChI=1S/C20H25N3O3/c1-4-7-18(23-20(25)26)16-9-6-8-15(12-16)13-17(10-11-21)22-19(24)14(3)5-2/h4-6,8-9,12,14,17-18,23H,1-2,7,10,13H2,3H3,(H,22,24)(H,25,26)/t14-,17+,18+/m1/s1. The Morgan fingerprint density at radius 3 is 2.65 bits per heavy atom. The van der Waals surface area contributed by atoms with Gasteiger partial charge in [0, 0.05) is 6.04 Å². The molecule has 0 aliphatic heterocycles. The fourth-order valence-electron chi connectivity index (χ4n) is 2.54. The molecule has 0 aromatic heterocycles. The number of carbonyl (C=O) groups is 2. The first-order chi connectivity index (χ1) is 12.4. The van der Waals surface area contributed by atoms with Crippen LogP contribution in [0.1, 0.15) is 36.9 Å². The lowest BCUT2D eigenvalue weighted by molar-refractivity contribution is -0.123. The van der Waals surface area contributed by atoms with Gasteiger partial charge in [-0.05, 0) is 24.0 Å². The quantitative estimate of drug-likeness (QED) is 0.560. The largest absolute Gasteiger partial charge is 0.465 e. The normalized spacial score (nSPS) is 13.5. The van der Waals surface area contributed by atoms with Gasteiger partial charge in [-0.25, -0.2) is 4.79 Å². The smallest absolute Gasteiger partial charge is 0.405 e. The van der Waals surface area contributed by atoms with Crippen molar-refractivity contribution in [3.63, 3.8) is 0 Å². The van der Waals surface area contributed by atoms with Gasteiger partial charge < -0.3 is 15.7 Å². The summed E-state index contributed by atoms with van der Waals surface area (Å²) in [5.41, 5.74) is 1.72. The Morgan fingerprint density at radius 1 is 1.35 bits per heavy atom. The molecule has 0 saturated carbocycles. The number of nitriles is 1. The maximum Gasteiger partial charge on any atom is 0.405 e. The summed E-state index contributed by atoms with van der Waals surface area (Å²) in [7, 11) is 0.